The first kappa shape index (κ1) is 16.5. The standard InChI is InChI=1S/C16H17NO6/c1-9-10(13(18)21-4)6-5-7-12(9)17-8-11-14(19)22-16(2,3)23-15(11)20/h5-8,17H,1-4H3. The molecule has 1 fully saturated rings. The van der Waals surface area contributed by atoms with E-state index in [4.69, 9.17) is 14.2 Å². The Bertz CT molecular complexity index is 683. The summed E-state index contributed by atoms with van der Waals surface area (Å²) in [5, 5.41) is 2.82. The first-order chi connectivity index (χ1) is 10.7. The van der Waals surface area contributed by atoms with Gasteiger partial charge in [-0.3, -0.25) is 0 Å². The van der Waals surface area contributed by atoms with Crippen molar-refractivity contribution in [1.82, 2.24) is 0 Å². The van der Waals surface area contributed by atoms with Crippen molar-refractivity contribution < 1.29 is 28.6 Å². The fraction of sp³-hybridized carbons (Fsp3) is 0.312. The molecule has 0 saturated carbocycles. The lowest BCUT2D eigenvalue weighted by molar-refractivity contribution is -0.222. The summed E-state index contributed by atoms with van der Waals surface area (Å²) >= 11 is 0. The highest BCUT2D eigenvalue weighted by atomic mass is 16.7. The number of anilines is 1. The van der Waals surface area contributed by atoms with Crippen molar-refractivity contribution in [3.05, 3.63) is 41.1 Å². The number of hydrogen-bond acceptors (Lipinski definition) is 7. The highest BCUT2D eigenvalue weighted by molar-refractivity contribution is 6.15. The summed E-state index contributed by atoms with van der Waals surface area (Å²) in [7, 11) is 1.29. The predicted octanol–water partition coefficient (Wildman–Crippen LogP) is 1.91. The quantitative estimate of drug-likeness (QED) is 0.517. The Morgan fingerprint density at radius 1 is 1.22 bits per heavy atom. The van der Waals surface area contributed by atoms with Crippen molar-refractivity contribution in [3.63, 3.8) is 0 Å². The van der Waals surface area contributed by atoms with Gasteiger partial charge in [0.15, 0.2) is 5.57 Å². The second-order valence-corrected chi connectivity index (χ2v) is 5.35. The largest absolute Gasteiger partial charge is 0.465 e. The van der Waals surface area contributed by atoms with Crippen LogP contribution in [0.3, 0.4) is 0 Å². The zero-order valence-corrected chi connectivity index (χ0v) is 13.3. The summed E-state index contributed by atoms with van der Waals surface area (Å²) < 4.78 is 14.7. The monoisotopic (exact) mass is 319 g/mol. The number of hydrogen-bond donors (Lipinski definition) is 1. The van der Waals surface area contributed by atoms with Crippen molar-refractivity contribution in [3.8, 4) is 0 Å². The predicted molar refractivity (Wildman–Crippen MR) is 80.5 cm³/mol. The Balaban J connectivity index is 2.25. The second-order valence-electron chi connectivity index (χ2n) is 5.35. The van der Waals surface area contributed by atoms with Crippen LogP contribution in [-0.2, 0) is 23.8 Å². The van der Waals surface area contributed by atoms with Crippen molar-refractivity contribution in [2.24, 2.45) is 0 Å². The van der Waals surface area contributed by atoms with Crippen molar-refractivity contribution in [2.75, 3.05) is 12.4 Å². The number of rotatable bonds is 3. The van der Waals surface area contributed by atoms with Gasteiger partial charge in [-0.15, -0.1) is 0 Å². The topological polar surface area (TPSA) is 90.9 Å². The molecule has 122 valence electrons. The maximum atomic E-state index is 11.8. The van der Waals surface area contributed by atoms with Gasteiger partial charge in [-0.25, -0.2) is 14.4 Å². The van der Waals surface area contributed by atoms with E-state index in [-0.39, 0.29) is 5.57 Å². The maximum Gasteiger partial charge on any atom is 0.350 e. The normalized spacial score (nSPS) is 16.3. The van der Waals surface area contributed by atoms with Gasteiger partial charge in [0.2, 0.25) is 0 Å². The van der Waals surface area contributed by atoms with Crippen LogP contribution < -0.4 is 5.32 Å². The molecular weight excluding hydrogens is 302 g/mol. The van der Waals surface area contributed by atoms with E-state index in [1.807, 2.05) is 0 Å². The Kier molecular flexibility index (Phi) is 4.40. The zero-order valence-electron chi connectivity index (χ0n) is 13.3. The highest BCUT2D eigenvalue weighted by Crippen LogP contribution is 2.24. The van der Waals surface area contributed by atoms with Crippen LogP contribution in [0.4, 0.5) is 5.69 Å². The average Bonchev–Trinajstić information content (AvgIpc) is 2.46. The van der Waals surface area contributed by atoms with E-state index in [2.05, 4.69) is 5.32 Å². The van der Waals surface area contributed by atoms with Crippen LogP contribution in [0.1, 0.15) is 29.8 Å². The van der Waals surface area contributed by atoms with Crippen LogP contribution >= 0.6 is 0 Å². The van der Waals surface area contributed by atoms with E-state index in [0.29, 0.717) is 16.8 Å². The summed E-state index contributed by atoms with van der Waals surface area (Å²) in [4.78, 5) is 35.3. The number of carbonyl (C=O) groups is 3. The van der Waals surface area contributed by atoms with Gasteiger partial charge in [0.05, 0.1) is 12.7 Å². The van der Waals surface area contributed by atoms with Crippen LogP contribution in [0.5, 0.6) is 0 Å². The molecule has 7 heteroatoms. The van der Waals surface area contributed by atoms with Crippen molar-refractivity contribution in [1.29, 1.82) is 0 Å². The molecule has 0 aliphatic carbocycles. The fourth-order valence-corrected chi connectivity index (χ4v) is 2.05. The molecular formula is C16H17NO6. The minimum atomic E-state index is -1.29. The third-order valence-corrected chi connectivity index (χ3v) is 3.23. The number of cyclic esters (lactones) is 2. The van der Waals surface area contributed by atoms with Gasteiger partial charge in [0, 0.05) is 25.7 Å². The summed E-state index contributed by atoms with van der Waals surface area (Å²) in [6.07, 6.45) is 1.20. The summed E-state index contributed by atoms with van der Waals surface area (Å²) in [6.45, 7) is 4.65. The summed E-state index contributed by atoms with van der Waals surface area (Å²) in [6, 6.07) is 4.97. The van der Waals surface area contributed by atoms with Crippen LogP contribution in [0.25, 0.3) is 0 Å². The SMILES string of the molecule is COC(=O)c1cccc(NC=C2C(=O)OC(C)(C)OC2=O)c1C. The molecule has 1 aliphatic heterocycles. The lowest BCUT2D eigenvalue weighted by Crippen LogP contribution is -2.42. The number of ether oxygens (including phenoxy) is 3. The molecule has 0 radical (unpaired) electrons. The fourth-order valence-electron chi connectivity index (χ4n) is 2.05. The third-order valence-electron chi connectivity index (χ3n) is 3.23. The first-order valence-corrected chi connectivity index (χ1v) is 6.86. The van der Waals surface area contributed by atoms with Crippen LogP contribution in [0, 0.1) is 6.92 Å². The van der Waals surface area contributed by atoms with Gasteiger partial charge >= 0.3 is 17.9 Å². The number of methoxy groups -OCH3 is 1. The van der Waals surface area contributed by atoms with Gasteiger partial charge < -0.3 is 19.5 Å². The van der Waals surface area contributed by atoms with Gasteiger partial charge in [0.25, 0.3) is 5.79 Å². The van der Waals surface area contributed by atoms with Crippen molar-refractivity contribution >= 4 is 23.6 Å². The number of benzene rings is 1. The van der Waals surface area contributed by atoms with Crippen LogP contribution in [-0.4, -0.2) is 30.8 Å². The Labute approximate surface area is 133 Å². The molecule has 1 aromatic rings. The number of nitrogens with one attached hydrogen (secondary N) is 1. The Morgan fingerprint density at radius 2 is 1.83 bits per heavy atom. The molecule has 0 unspecified atom stereocenters. The number of esters is 3. The minimum Gasteiger partial charge on any atom is -0.465 e. The molecule has 0 bridgehead atoms. The first-order valence-electron chi connectivity index (χ1n) is 6.86. The summed E-state index contributed by atoms with van der Waals surface area (Å²) in [5.41, 5.74) is 1.29. The molecule has 0 amide bonds. The molecule has 0 atom stereocenters. The number of carbonyl (C=O) groups excluding carboxylic acids is 3. The molecule has 0 aromatic heterocycles. The molecule has 1 aromatic carbocycles. The van der Waals surface area contributed by atoms with E-state index < -0.39 is 23.7 Å². The van der Waals surface area contributed by atoms with Gasteiger partial charge in [-0.2, -0.15) is 0 Å². The van der Waals surface area contributed by atoms with Gasteiger partial charge in [-0.05, 0) is 24.6 Å². The van der Waals surface area contributed by atoms with E-state index in [0.717, 1.165) is 0 Å². The zero-order chi connectivity index (χ0) is 17.2. The van der Waals surface area contributed by atoms with Crippen molar-refractivity contribution in [2.45, 2.75) is 26.6 Å². The average molecular weight is 319 g/mol. The molecule has 2 rings (SSSR count). The molecule has 1 aliphatic rings. The lowest BCUT2D eigenvalue weighted by Gasteiger charge is -2.29. The third kappa shape index (κ3) is 3.50. The Hall–Kier alpha value is -2.83. The highest BCUT2D eigenvalue weighted by Gasteiger charge is 2.38. The molecule has 7 nitrogen and oxygen atoms in total. The molecule has 23 heavy (non-hydrogen) atoms. The molecule has 1 N–H and O–H groups in total. The van der Waals surface area contributed by atoms with Gasteiger partial charge in [-0.1, -0.05) is 6.07 Å². The van der Waals surface area contributed by atoms with E-state index >= 15 is 0 Å². The molecule has 1 heterocycles. The van der Waals surface area contributed by atoms with E-state index in [1.165, 1.54) is 27.2 Å². The second kappa shape index (κ2) is 6.12. The van der Waals surface area contributed by atoms with Crippen LogP contribution in [0.2, 0.25) is 0 Å². The Morgan fingerprint density at radius 3 is 2.39 bits per heavy atom. The van der Waals surface area contributed by atoms with E-state index in [1.54, 1.807) is 25.1 Å². The smallest absolute Gasteiger partial charge is 0.350 e. The molecule has 1 saturated heterocycles. The molecule has 0 spiro atoms. The van der Waals surface area contributed by atoms with E-state index in [9.17, 15) is 14.4 Å². The van der Waals surface area contributed by atoms with Crippen LogP contribution in [0.15, 0.2) is 30.0 Å². The lowest BCUT2D eigenvalue weighted by atomic mass is 10.1. The summed E-state index contributed by atoms with van der Waals surface area (Å²) in [5.74, 6) is -3.32. The minimum absolute atomic E-state index is 0.257. The maximum absolute atomic E-state index is 11.8. The van der Waals surface area contributed by atoms with Gasteiger partial charge in [0.1, 0.15) is 0 Å².